The lowest BCUT2D eigenvalue weighted by Crippen LogP contribution is -2.36. The summed E-state index contributed by atoms with van der Waals surface area (Å²) in [5, 5.41) is 10.9. The van der Waals surface area contributed by atoms with E-state index in [1.165, 1.54) is 12.3 Å². The summed E-state index contributed by atoms with van der Waals surface area (Å²) in [4.78, 5) is 16.7. The number of halogens is 3. The zero-order valence-corrected chi connectivity index (χ0v) is 14.3. The number of nitrogens with zero attached hydrogens (tertiary/aromatic N) is 1. The number of rotatable bonds is 4. The van der Waals surface area contributed by atoms with Gasteiger partial charge in [-0.3, -0.25) is 9.78 Å². The predicted molar refractivity (Wildman–Crippen MR) is 91.0 cm³/mol. The molecule has 0 bridgehead atoms. The van der Waals surface area contributed by atoms with Gasteiger partial charge < -0.3 is 5.11 Å². The first-order valence-electron chi connectivity index (χ1n) is 7.72. The highest BCUT2D eigenvalue weighted by molar-refractivity contribution is 6.36. The summed E-state index contributed by atoms with van der Waals surface area (Å²) in [7, 11) is 0. The normalized spacial score (nSPS) is 22.9. The molecule has 3 nitrogen and oxygen atoms in total. The van der Waals surface area contributed by atoms with E-state index in [-0.39, 0.29) is 36.9 Å². The Hall–Kier alpha value is -1.49. The van der Waals surface area contributed by atoms with Crippen LogP contribution < -0.4 is 0 Å². The van der Waals surface area contributed by atoms with Crippen LogP contribution in [0, 0.1) is 0 Å². The summed E-state index contributed by atoms with van der Waals surface area (Å²) in [6.45, 7) is 0. The predicted octanol–water partition coefficient (Wildman–Crippen LogP) is 4.58. The fraction of sp³-hybridized carbons (Fsp3) is 0.333. The first kappa shape index (κ1) is 17.3. The third kappa shape index (κ3) is 3.06. The second kappa shape index (κ2) is 6.79. The number of benzene rings is 1. The van der Waals surface area contributed by atoms with Crippen LogP contribution in [0.1, 0.15) is 42.2 Å². The Labute approximate surface area is 149 Å². The minimum absolute atomic E-state index is 0.0234. The summed E-state index contributed by atoms with van der Waals surface area (Å²) in [6.07, 6.45) is 1.00. The van der Waals surface area contributed by atoms with E-state index in [2.05, 4.69) is 4.98 Å². The van der Waals surface area contributed by atoms with Gasteiger partial charge in [0.05, 0.1) is 11.8 Å². The number of pyridine rings is 1. The number of alkyl halides is 1. The van der Waals surface area contributed by atoms with Gasteiger partial charge in [0.15, 0.2) is 11.5 Å². The number of aliphatic hydroxyl groups excluding tert-OH is 1. The maximum atomic E-state index is 15.5. The lowest BCUT2D eigenvalue weighted by molar-refractivity contribution is -0.133. The average Bonchev–Trinajstić information content (AvgIpc) is 2.58. The number of aliphatic hydroxyl groups is 1. The van der Waals surface area contributed by atoms with Crippen LogP contribution in [-0.2, 0) is 16.9 Å². The monoisotopic (exact) mass is 367 g/mol. The standard InChI is InChI=1S/C18H16Cl2FNO2/c19-13-4-1-5-14(20)11(13)6-7-16(24)18(21)9-8-15(23)17-12(18)3-2-10-22-17/h1-5,10,15,23H,6-9H2/t15-,18-/m0/s1. The smallest absolute Gasteiger partial charge is 0.195 e. The molecule has 0 radical (unpaired) electrons. The largest absolute Gasteiger partial charge is 0.387 e. The lowest BCUT2D eigenvalue weighted by atomic mass is 9.77. The third-order valence-corrected chi connectivity index (χ3v) is 5.16. The molecule has 1 aliphatic rings. The van der Waals surface area contributed by atoms with Gasteiger partial charge in [0.2, 0.25) is 0 Å². The molecule has 2 aromatic rings. The maximum absolute atomic E-state index is 15.5. The Morgan fingerprint density at radius 3 is 2.71 bits per heavy atom. The zero-order chi connectivity index (χ0) is 17.3. The molecule has 0 saturated carbocycles. The number of carbonyl (C=O) groups is 1. The van der Waals surface area contributed by atoms with Crippen LogP contribution in [0.25, 0.3) is 0 Å². The van der Waals surface area contributed by atoms with E-state index in [0.717, 1.165) is 0 Å². The molecule has 24 heavy (non-hydrogen) atoms. The summed E-state index contributed by atoms with van der Waals surface area (Å²) >= 11 is 12.2. The van der Waals surface area contributed by atoms with Crippen LogP contribution in [-0.4, -0.2) is 15.9 Å². The van der Waals surface area contributed by atoms with Crippen LogP contribution in [0.3, 0.4) is 0 Å². The Bertz CT molecular complexity index is 763. The molecule has 0 fully saturated rings. The molecule has 1 heterocycles. The summed E-state index contributed by atoms with van der Waals surface area (Å²) < 4.78 is 15.5. The van der Waals surface area contributed by atoms with E-state index in [4.69, 9.17) is 23.2 Å². The van der Waals surface area contributed by atoms with Gasteiger partial charge in [-0.25, -0.2) is 4.39 Å². The van der Waals surface area contributed by atoms with Gasteiger partial charge in [0, 0.05) is 28.2 Å². The summed E-state index contributed by atoms with van der Waals surface area (Å²) in [6, 6.07) is 8.19. The molecular formula is C18H16Cl2FNO2. The van der Waals surface area contributed by atoms with E-state index in [0.29, 0.717) is 15.6 Å². The second-order valence-electron chi connectivity index (χ2n) is 5.92. The molecule has 1 aromatic carbocycles. The number of hydrogen-bond donors (Lipinski definition) is 1. The van der Waals surface area contributed by atoms with Crippen molar-refractivity contribution in [3.8, 4) is 0 Å². The molecule has 0 aliphatic heterocycles. The Kier molecular flexibility index (Phi) is 4.90. The van der Waals surface area contributed by atoms with E-state index >= 15 is 4.39 Å². The molecule has 0 amide bonds. The summed E-state index contributed by atoms with van der Waals surface area (Å²) in [5.74, 6) is -0.542. The highest BCUT2D eigenvalue weighted by Crippen LogP contribution is 2.43. The van der Waals surface area contributed by atoms with Gasteiger partial charge in [-0.05, 0) is 43.0 Å². The van der Waals surface area contributed by atoms with Crippen LogP contribution in [0.4, 0.5) is 4.39 Å². The molecule has 126 valence electrons. The second-order valence-corrected chi connectivity index (χ2v) is 6.73. The lowest BCUT2D eigenvalue weighted by Gasteiger charge is -2.32. The average molecular weight is 368 g/mol. The quantitative estimate of drug-likeness (QED) is 0.859. The Morgan fingerprint density at radius 2 is 2.00 bits per heavy atom. The molecule has 1 N–H and O–H groups in total. The molecule has 0 unspecified atom stereocenters. The number of aromatic nitrogens is 1. The van der Waals surface area contributed by atoms with Crippen molar-refractivity contribution < 1.29 is 14.3 Å². The van der Waals surface area contributed by atoms with Crippen molar-refractivity contribution in [2.45, 2.75) is 37.5 Å². The molecule has 1 aliphatic carbocycles. The van der Waals surface area contributed by atoms with Crippen molar-refractivity contribution in [3.05, 3.63) is 63.4 Å². The molecule has 0 spiro atoms. The SMILES string of the molecule is O=C(CCc1c(Cl)cccc1Cl)[C@]1(F)CC[C@H](O)c2ncccc21. The molecule has 1 aromatic heterocycles. The Balaban J connectivity index is 1.84. The molecule has 0 saturated heterocycles. The van der Waals surface area contributed by atoms with Crippen molar-refractivity contribution in [1.29, 1.82) is 0 Å². The molecule has 2 atom stereocenters. The van der Waals surface area contributed by atoms with Gasteiger partial charge in [-0.1, -0.05) is 35.3 Å². The molecule has 3 rings (SSSR count). The number of fused-ring (bicyclic) bond motifs is 1. The van der Waals surface area contributed by atoms with Crippen molar-refractivity contribution in [3.63, 3.8) is 0 Å². The number of Topliss-reactive ketones (excluding diaryl/α,β-unsaturated/α-hetero) is 1. The van der Waals surface area contributed by atoms with Crippen molar-refractivity contribution >= 4 is 29.0 Å². The molecular weight excluding hydrogens is 352 g/mol. The van der Waals surface area contributed by atoms with Crippen LogP contribution in [0.2, 0.25) is 10.0 Å². The Morgan fingerprint density at radius 1 is 1.29 bits per heavy atom. The number of hydrogen-bond acceptors (Lipinski definition) is 3. The van der Waals surface area contributed by atoms with Crippen molar-refractivity contribution in [2.75, 3.05) is 0 Å². The minimum atomic E-state index is -2.13. The highest BCUT2D eigenvalue weighted by Gasteiger charge is 2.45. The van der Waals surface area contributed by atoms with E-state index in [1.54, 1.807) is 24.3 Å². The highest BCUT2D eigenvalue weighted by atomic mass is 35.5. The summed E-state index contributed by atoms with van der Waals surface area (Å²) in [5.41, 5.74) is -1.08. The maximum Gasteiger partial charge on any atom is 0.195 e. The first-order valence-corrected chi connectivity index (χ1v) is 8.47. The topological polar surface area (TPSA) is 50.2 Å². The zero-order valence-electron chi connectivity index (χ0n) is 12.8. The van der Waals surface area contributed by atoms with Crippen molar-refractivity contribution in [2.24, 2.45) is 0 Å². The van der Waals surface area contributed by atoms with Gasteiger partial charge in [0.1, 0.15) is 0 Å². The minimum Gasteiger partial charge on any atom is -0.387 e. The van der Waals surface area contributed by atoms with Crippen LogP contribution >= 0.6 is 23.2 Å². The van der Waals surface area contributed by atoms with Gasteiger partial charge in [0.25, 0.3) is 0 Å². The molecule has 6 heteroatoms. The number of carbonyl (C=O) groups excluding carboxylic acids is 1. The van der Waals surface area contributed by atoms with Gasteiger partial charge >= 0.3 is 0 Å². The van der Waals surface area contributed by atoms with E-state index in [9.17, 15) is 9.90 Å². The first-order chi connectivity index (χ1) is 11.4. The van der Waals surface area contributed by atoms with E-state index in [1.807, 2.05) is 0 Å². The van der Waals surface area contributed by atoms with Crippen LogP contribution in [0.5, 0.6) is 0 Å². The van der Waals surface area contributed by atoms with Crippen molar-refractivity contribution in [1.82, 2.24) is 4.98 Å². The number of ketones is 1. The van der Waals surface area contributed by atoms with Gasteiger partial charge in [-0.15, -0.1) is 0 Å². The fourth-order valence-corrected chi connectivity index (χ4v) is 3.71. The third-order valence-electron chi connectivity index (χ3n) is 4.45. The van der Waals surface area contributed by atoms with Crippen LogP contribution in [0.15, 0.2) is 36.5 Å². The fourth-order valence-electron chi connectivity index (χ4n) is 3.12. The van der Waals surface area contributed by atoms with Gasteiger partial charge in [-0.2, -0.15) is 0 Å². The van der Waals surface area contributed by atoms with E-state index < -0.39 is 17.6 Å².